The number of ether oxygens (including phenoxy) is 1. The van der Waals surface area contributed by atoms with Crippen LogP contribution in [0.4, 0.5) is 0 Å². The van der Waals surface area contributed by atoms with E-state index in [-0.39, 0.29) is 12.4 Å². The molecule has 0 spiro atoms. The van der Waals surface area contributed by atoms with Gasteiger partial charge in [-0.2, -0.15) is 5.26 Å². The summed E-state index contributed by atoms with van der Waals surface area (Å²) >= 11 is 12.1. The van der Waals surface area contributed by atoms with Crippen molar-refractivity contribution in [3.8, 4) is 11.8 Å². The van der Waals surface area contributed by atoms with E-state index in [2.05, 4.69) is 5.32 Å². The maximum Gasteiger partial charge on any atom is 0.156 e. The van der Waals surface area contributed by atoms with Crippen LogP contribution in [0, 0.1) is 17.2 Å². The summed E-state index contributed by atoms with van der Waals surface area (Å²) in [7, 11) is 0. The topological polar surface area (TPSA) is 45.0 Å². The molecule has 2 rings (SSSR count). The number of nitriles is 1. The number of benzene rings is 1. The molecule has 1 aromatic carbocycles. The molecule has 1 aliphatic heterocycles. The Labute approximate surface area is 129 Å². The van der Waals surface area contributed by atoms with Crippen LogP contribution in [0.5, 0.6) is 5.75 Å². The molecule has 1 aromatic rings. The van der Waals surface area contributed by atoms with Gasteiger partial charge in [0, 0.05) is 0 Å². The maximum absolute atomic E-state index is 8.80. The largest absolute Gasteiger partial charge is 0.490 e. The Morgan fingerprint density at radius 3 is 2.37 bits per heavy atom. The Balaban J connectivity index is 0.00000180. The third-order valence-electron chi connectivity index (χ3n) is 3.05. The molecule has 1 aliphatic rings. The molecule has 0 aromatic heterocycles. The van der Waals surface area contributed by atoms with Crippen LogP contribution in [0.3, 0.4) is 0 Å². The Morgan fingerprint density at radius 2 is 1.84 bits per heavy atom. The maximum atomic E-state index is 8.80. The van der Waals surface area contributed by atoms with E-state index in [9.17, 15) is 0 Å². The van der Waals surface area contributed by atoms with E-state index in [1.54, 1.807) is 12.1 Å². The molecular formula is C13H15Cl3N2O. The SMILES string of the molecule is Cl.N#Cc1cc(Cl)c(OCC2CCNCC2)c(Cl)c1. The van der Waals surface area contributed by atoms with E-state index in [4.69, 9.17) is 33.2 Å². The summed E-state index contributed by atoms with van der Waals surface area (Å²) in [6.45, 7) is 2.68. The first-order chi connectivity index (χ1) is 8.70. The summed E-state index contributed by atoms with van der Waals surface area (Å²) < 4.78 is 5.71. The van der Waals surface area contributed by atoms with Crippen molar-refractivity contribution in [1.29, 1.82) is 5.26 Å². The summed E-state index contributed by atoms with van der Waals surface area (Å²) in [5, 5.41) is 12.9. The summed E-state index contributed by atoms with van der Waals surface area (Å²) in [5.41, 5.74) is 0.444. The quantitative estimate of drug-likeness (QED) is 0.924. The molecule has 3 nitrogen and oxygen atoms in total. The van der Waals surface area contributed by atoms with Gasteiger partial charge in [0.1, 0.15) is 0 Å². The van der Waals surface area contributed by atoms with Crippen LogP contribution < -0.4 is 10.1 Å². The van der Waals surface area contributed by atoms with Crippen molar-refractivity contribution in [3.05, 3.63) is 27.7 Å². The molecule has 0 aliphatic carbocycles. The van der Waals surface area contributed by atoms with Crippen LogP contribution in [0.2, 0.25) is 10.0 Å². The number of halogens is 3. The van der Waals surface area contributed by atoms with Crippen molar-refractivity contribution < 1.29 is 4.74 Å². The molecular weight excluding hydrogens is 307 g/mol. The second-order valence-corrected chi connectivity index (χ2v) is 5.20. The average Bonchev–Trinajstić information content (AvgIpc) is 2.38. The van der Waals surface area contributed by atoms with E-state index in [1.807, 2.05) is 6.07 Å². The second-order valence-electron chi connectivity index (χ2n) is 4.39. The van der Waals surface area contributed by atoms with Crippen LogP contribution >= 0.6 is 35.6 Å². The fraction of sp³-hybridized carbons (Fsp3) is 0.462. The molecule has 6 heteroatoms. The van der Waals surface area contributed by atoms with E-state index in [0.29, 0.717) is 33.9 Å². The first-order valence-electron chi connectivity index (χ1n) is 5.93. The fourth-order valence-corrected chi connectivity index (χ4v) is 2.61. The molecule has 0 radical (unpaired) electrons. The number of piperidine rings is 1. The Bertz CT molecular complexity index is 444. The van der Waals surface area contributed by atoms with Gasteiger partial charge in [-0.05, 0) is 44.0 Å². The lowest BCUT2D eigenvalue weighted by atomic mass is 9.99. The fourth-order valence-electron chi connectivity index (χ4n) is 2.01. The molecule has 104 valence electrons. The number of nitrogens with zero attached hydrogens (tertiary/aromatic N) is 1. The highest BCUT2D eigenvalue weighted by Gasteiger charge is 2.16. The molecule has 0 amide bonds. The summed E-state index contributed by atoms with van der Waals surface area (Å²) in [5.74, 6) is 1.02. The zero-order valence-corrected chi connectivity index (χ0v) is 12.6. The molecule has 1 fully saturated rings. The smallest absolute Gasteiger partial charge is 0.156 e. The Morgan fingerprint density at radius 1 is 1.26 bits per heavy atom. The van der Waals surface area contributed by atoms with Gasteiger partial charge in [0.25, 0.3) is 0 Å². The highest BCUT2D eigenvalue weighted by molar-refractivity contribution is 6.37. The van der Waals surface area contributed by atoms with Gasteiger partial charge < -0.3 is 10.1 Å². The Hall–Kier alpha value is -0.660. The molecule has 1 saturated heterocycles. The normalized spacial score (nSPS) is 15.4. The van der Waals surface area contributed by atoms with Crippen molar-refractivity contribution >= 4 is 35.6 Å². The molecule has 0 saturated carbocycles. The summed E-state index contributed by atoms with van der Waals surface area (Å²) in [6.07, 6.45) is 2.21. The summed E-state index contributed by atoms with van der Waals surface area (Å²) in [6, 6.07) is 5.16. The second kappa shape index (κ2) is 7.81. The predicted molar refractivity (Wildman–Crippen MR) is 79.5 cm³/mol. The van der Waals surface area contributed by atoms with Gasteiger partial charge in [-0.15, -0.1) is 12.4 Å². The highest BCUT2D eigenvalue weighted by atomic mass is 35.5. The van der Waals surface area contributed by atoms with Crippen molar-refractivity contribution in [3.63, 3.8) is 0 Å². The van der Waals surface area contributed by atoms with Crippen molar-refractivity contribution in [2.24, 2.45) is 5.92 Å². The third-order valence-corrected chi connectivity index (χ3v) is 3.61. The first kappa shape index (κ1) is 16.4. The van der Waals surface area contributed by atoms with Crippen molar-refractivity contribution in [2.45, 2.75) is 12.8 Å². The average molecular weight is 322 g/mol. The zero-order valence-electron chi connectivity index (χ0n) is 10.3. The van der Waals surface area contributed by atoms with Gasteiger partial charge >= 0.3 is 0 Å². The number of hydrogen-bond acceptors (Lipinski definition) is 3. The molecule has 0 unspecified atom stereocenters. The van der Waals surface area contributed by atoms with Gasteiger partial charge in [-0.25, -0.2) is 0 Å². The number of nitrogens with one attached hydrogen (secondary N) is 1. The Kier molecular flexibility index (Phi) is 6.74. The van der Waals surface area contributed by atoms with Gasteiger partial charge in [0.05, 0.1) is 28.3 Å². The van der Waals surface area contributed by atoms with Gasteiger partial charge in [-0.3, -0.25) is 0 Å². The first-order valence-corrected chi connectivity index (χ1v) is 6.69. The lowest BCUT2D eigenvalue weighted by molar-refractivity contribution is 0.215. The standard InChI is InChI=1S/C13H14Cl2N2O.ClH/c14-11-5-10(7-16)6-12(15)13(11)18-8-9-1-3-17-4-2-9;/h5-6,9,17H,1-4,8H2;1H. The molecule has 1 N–H and O–H groups in total. The summed E-state index contributed by atoms with van der Waals surface area (Å²) in [4.78, 5) is 0. The van der Waals surface area contributed by atoms with Crippen LogP contribution in [-0.4, -0.2) is 19.7 Å². The van der Waals surface area contributed by atoms with Crippen LogP contribution in [0.1, 0.15) is 18.4 Å². The zero-order chi connectivity index (χ0) is 13.0. The van der Waals surface area contributed by atoms with E-state index < -0.39 is 0 Å². The minimum Gasteiger partial charge on any atom is -0.490 e. The number of rotatable bonds is 3. The molecule has 1 heterocycles. The van der Waals surface area contributed by atoms with Crippen molar-refractivity contribution in [1.82, 2.24) is 5.32 Å². The highest BCUT2D eigenvalue weighted by Crippen LogP contribution is 2.34. The van der Waals surface area contributed by atoms with Crippen LogP contribution in [-0.2, 0) is 0 Å². The minimum absolute atomic E-state index is 0. The predicted octanol–water partition coefficient (Wildman–Crippen LogP) is 3.67. The van der Waals surface area contributed by atoms with Gasteiger partial charge in [0.2, 0.25) is 0 Å². The van der Waals surface area contributed by atoms with E-state index >= 15 is 0 Å². The van der Waals surface area contributed by atoms with E-state index in [1.165, 1.54) is 0 Å². The van der Waals surface area contributed by atoms with Gasteiger partial charge in [-0.1, -0.05) is 23.2 Å². The van der Waals surface area contributed by atoms with E-state index in [0.717, 1.165) is 25.9 Å². The van der Waals surface area contributed by atoms with Gasteiger partial charge in [0.15, 0.2) is 5.75 Å². The molecule has 0 atom stereocenters. The molecule has 19 heavy (non-hydrogen) atoms. The van der Waals surface area contributed by atoms with Crippen LogP contribution in [0.15, 0.2) is 12.1 Å². The van der Waals surface area contributed by atoms with Crippen molar-refractivity contribution in [2.75, 3.05) is 19.7 Å². The minimum atomic E-state index is 0. The lowest BCUT2D eigenvalue weighted by Crippen LogP contribution is -2.30. The number of hydrogen-bond donors (Lipinski definition) is 1. The molecule has 0 bridgehead atoms. The monoisotopic (exact) mass is 320 g/mol. The third kappa shape index (κ3) is 4.43. The van der Waals surface area contributed by atoms with Crippen LogP contribution in [0.25, 0.3) is 0 Å². The lowest BCUT2D eigenvalue weighted by Gasteiger charge is -2.23.